The predicted octanol–water partition coefficient (Wildman–Crippen LogP) is 5.18. The van der Waals surface area contributed by atoms with Gasteiger partial charge in [-0.1, -0.05) is 31.2 Å². The third kappa shape index (κ3) is 2.69. The summed E-state index contributed by atoms with van der Waals surface area (Å²) in [5.41, 5.74) is 3.52. The van der Waals surface area contributed by atoms with Crippen molar-refractivity contribution in [2.45, 2.75) is 13.3 Å². The second-order valence-corrected chi connectivity index (χ2v) is 5.96. The first-order chi connectivity index (χ1) is 9.36. The number of hydrogen-bond acceptors (Lipinski definition) is 4. The number of aromatic nitrogens is 1. The number of anilines is 2. The summed E-state index contributed by atoms with van der Waals surface area (Å²) in [6.45, 7) is 2.17. The Labute approximate surface area is 120 Å². The molecule has 0 spiro atoms. The molecule has 2 heterocycles. The molecule has 2 aromatic heterocycles. The van der Waals surface area contributed by atoms with Gasteiger partial charge in [-0.2, -0.15) is 0 Å². The third-order valence-corrected chi connectivity index (χ3v) is 4.57. The van der Waals surface area contributed by atoms with E-state index in [9.17, 15) is 0 Å². The monoisotopic (exact) mass is 286 g/mol. The van der Waals surface area contributed by atoms with Gasteiger partial charge in [0.15, 0.2) is 5.13 Å². The van der Waals surface area contributed by atoms with Crippen LogP contribution in [0.15, 0.2) is 47.2 Å². The Morgan fingerprint density at radius 2 is 2.00 bits per heavy atom. The summed E-state index contributed by atoms with van der Waals surface area (Å²) in [4.78, 5) is 5.86. The Morgan fingerprint density at radius 1 is 1.11 bits per heavy atom. The first kappa shape index (κ1) is 12.4. The number of para-hydroxylation sites is 1. The quantitative estimate of drug-likeness (QED) is 0.715. The van der Waals surface area contributed by atoms with Crippen LogP contribution in [0.25, 0.3) is 10.6 Å². The van der Waals surface area contributed by atoms with Crippen molar-refractivity contribution in [1.29, 1.82) is 0 Å². The number of aryl methyl sites for hydroxylation is 1. The molecule has 3 rings (SSSR count). The molecule has 0 saturated heterocycles. The minimum Gasteiger partial charge on any atom is -0.331 e. The van der Waals surface area contributed by atoms with Gasteiger partial charge in [0, 0.05) is 11.1 Å². The van der Waals surface area contributed by atoms with Gasteiger partial charge in [-0.25, -0.2) is 4.98 Å². The van der Waals surface area contributed by atoms with Crippen LogP contribution in [0.4, 0.5) is 10.8 Å². The summed E-state index contributed by atoms with van der Waals surface area (Å²) in [5, 5.41) is 8.54. The second kappa shape index (κ2) is 5.55. The van der Waals surface area contributed by atoms with Gasteiger partial charge in [0.25, 0.3) is 0 Å². The number of thiophene rings is 1. The van der Waals surface area contributed by atoms with E-state index in [1.165, 1.54) is 10.4 Å². The van der Waals surface area contributed by atoms with Gasteiger partial charge in [-0.05, 0) is 29.5 Å². The van der Waals surface area contributed by atoms with E-state index in [1.54, 1.807) is 22.7 Å². The topological polar surface area (TPSA) is 24.9 Å². The average molecular weight is 286 g/mol. The molecule has 1 N–H and O–H groups in total. The van der Waals surface area contributed by atoms with Crippen LogP contribution >= 0.6 is 22.7 Å². The number of benzene rings is 1. The summed E-state index contributed by atoms with van der Waals surface area (Å²) in [5.74, 6) is 0. The van der Waals surface area contributed by atoms with E-state index in [0.717, 1.165) is 22.9 Å². The molecule has 0 saturated carbocycles. The zero-order valence-corrected chi connectivity index (χ0v) is 12.2. The van der Waals surface area contributed by atoms with Gasteiger partial charge in [0.1, 0.15) is 0 Å². The summed E-state index contributed by atoms with van der Waals surface area (Å²) in [7, 11) is 0. The van der Waals surface area contributed by atoms with E-state index in [0.29, 0.717) is 0 Å². The third-order valence-electron chi connectivity index (χ3n) is 2.92. The van der Waals surface area contributed by atoms with Crippen molar-refractivity contribution >= 4 is 33.5 Å². The highest BCUT2D eigenvalue weighted by atomic mass is 32.1. The molecule has 0 fully saturated rings. The number of rotatable bonds is 4. The van der Waals surface area contributed by atoms with Gasteiger partial charge in [-0.3, -0.25) is 0 Å². The van der Waals surface area contributed by atoms with Crippen molar-refractivity contribution in [2.24, 2.45) is 0 Å². The Morgan fingerprint density at radius 3 is 2.79 bits per heavy atom. The molecule has 0 aliphatic rings. The van der Waals surface area contributed by atoms with Crippen molar-refractivity contribution in [3.05, 3.63) is 52.7 Å². The lowest BCUT2D eigenvalue weighted by molar-refractivity contribution is 1.14. The van der Waals surface area contributed by atoms with Crippen LogP contribution in [0.3, 0.4) is 0 Å². The number of hydrogen-bond donors (Lipinski definition) is 1. The lowest BCUT2D eigenvalue weighted by Gasteiger charge is -2.07. The van der Waals surface area contributed by atoms with Crippen LogP contribution in [0.2, 0.25) is 0 Å². The van der Waals surface area contributed by atoms with Crippen molar-refractivity contribution in [3.8, 4) is 10.6 Å². The maximum absolute atomic E-state index is 4.64. The summed E-state index contributed by atoms with van der Waals surface area (Å²) >= 11 is 3.37. The van der Waals surface area contributed by atoms with Crippen molar-refractivity contribution < 1.29 is 0 Å². The number of nitrogens with one attached hydrogen (secondary N) is 1. The largest absolute Gasteiger partial charge is 0.331 e. The van der Waals surface area contributed by atoms with E-state index < -0.39 is 0 Å². The van der Waals surface area contributed by atoms with Gasteiger partial charge in [0.2, 0.25) is 0 Å². The van der Waals surface area contributed by atoms with Crippen LogP contribution in [-0.2, 0) is 6.42 Å². The van der Waals surface area contributed by atoms with Crippen LogP contribution < -0.4 is 5.32 Å². The van der Waals surface area contributed by atoms with Gasteiger partial charge >= 0.3 is 0 Å². The molecule has 0 unspecified atom stereocenters. The van der Waals surface area contributed by atoms with E-state index in [-0.39, 0.29) is 0 Å². The molecule has 4 heteroatoms. The number of thiazole rings is 1. The first-order valence-electron chi connectivity index (χ1n) is 6.21. The van der Waals surface area contributed by atoms with Crippen molar-refractivity contribution in [3.63, 3.8) is 0 Å². The van der Waals surface area contributed by atoms with Gasteiger partial charge < -0.3 is 5.32 Å². The molecular formula is C15H14N2S2. The molecule has 0 radical (unpaired) electrons. The Hall–Kier alpha value is -1.65. The standard InChI is InChI=1S/C15H14N2S2/c1-2-11-6-3-4-7-12(11)16-15-17-13(10-19-15)14-8-5-9-18-14/h3-10H,2H2,1H3,(H,16,17). The second-order valence-electron chi connectivity index (χ2n) is 4.15. The Balaban J connectivity index is 1.84. The minimum absolute atomic E-state index is 0.948. The Kier molecular flexibility index (Phi) is 3.62. The molecule has 0 aliphatic carbocycles. The SMILES string of the molecule is CCc1ccccc1Nc1nc(-c2cccs2)cs1. The Bertz CT molecular complexity index is 656. The molecule has 0 aliphatic heterocycles. The molecule has 19 heavy (non-hydrogen) atoms. The van der Waals surface area contributed by atoms with Crippen molar-refractivity contribution in [2.75, 3.05) is 5.32 Å². The smallest absolute Gasteiger partial charge is 0.187 e. The van der Waals surface area contributed by atoms with E-state index >= 15 is 0 Å². The summed E-state index contributed by atoms with van der Waals surface area (Å²) in [6.07, 6.45) is 1.02. The van der Waals surface area contributed by atoms with Gasteiger partial charge in [-0.15, -0.1) is 22.7 Å². The van der Waals surface area contributed by atoms with Crippen molar-refractivity contribution in [1.82, 2.24) is 4.98 Å². The van der Waals surface area contributed by atoms with Crippen LogP contribution in [-0.4, -0.2) is 4.98 Å². The first-order valence-corrected chi connectivity index (χ1v) is 7.97. The van der Waals surface area contributed by atoms with Crippen LogP contribution in [0.1, 0.15) is 12.5 Å². The fourth-order valence-electron chi connectivity index (χ4n) is 1.93. The zero-order valence-electron chi connectivity index (χ0n) is 10.6. The van der Waals surface area contributed by atoms with Gasteiger partial charge in [0.05, 0.1) is 10.6 Å². The molecule has 1 aromatic carbocycles. The minimum atomic E-state index is 0.948. The predicted molar refractivity (Wildman–Crippen MR) is 84.5 cm³/mol. The highest BCUT2D eigenvalue weighted by molar-refractivity contribution is 7.16. The van der Waals surface area contributed by atoms with E-state index in [4.69, 9.17) is 0 Å². The molecule has 3 aromatic rings. The van der Waals surface area contributed by atoms with E-state index in [2.05, 4.69) is 64.4 Å². The normalized spacial score (nSPS) is 10.6. The molecule has 0 amide bonds. The average Bonchev–Trinajstić information content (AvgIpc) is 3.09. The maximum atomic E-state index is 4.64. The summed E-state index contributed by atoms with van der Waals surface area (Å²) < 4.78 is 0. The molecule has 0 atom stereocenters. The summed E-state index contributed by atoms with van der Waals surface area (Å²) in [6, 6.07) is 12.5. The lowest BCUT2D eigenvalue weighted by Crippen LogP contribution is -1.94. The fourth-order valence-corrected chi connectivity index (χ4v) is 3.42. The molecule has 0 bridgehead atoms. The van der Waals surface area contributed by atoms with Crippen LogP contribution in [0.5, 0.6) is 0 Å². The maximum Gasteiger partial charge on any atom is 0.187 e. The highest BCUT2D eigenvalue weighted by Crippen LogP contribution is 2.30. The number of nitrogens with zero attached hydrogens (tertiary/aromatic N) is 1. The highest BCUT2D eigenvalue weighted by Gasteiger charge is 2.06. The lowest BCUT2D eigenvalue weighted by atomic mass is 10.1. The molecular weight excluding hydrogens is 272 g/mol. The molecule has 96 valence electrons. The van der Waals surface area contributed by atoms with E-state index in [1.807, 2.05) is 0 Å². The molecule has 2 nitrogen and oxygen atoms in total. The zero-order chi connectivity index (χ0) is 13.1. The van der Waals surface area contributed by atoms with Crippen LogP contribution in [0, 0.1) is 0 Å². The fraction of sp³-hybridized carbons (Fsp3) is 0.133.